The third-order valence-electron chi connectivity index (χ3n) is 5.65. The number of primary amides is 1. The molecule has 0 aliphatic carbocycles. The minimum Gasteiger partial charge on any atom is -0.496 e. The van der Waals surface area contributed by atoms with Gasteiger partial charge in [0.1, 0.15) is 5.75 Å². The Hall–Kier alpha value is -3.52. The molecule has 0 saturated heterocycles. The maximum Gasteiger partial charge on any atom is 0.258 e. The highest BCUT2D eigenvalue weighted by Crippen LogP contribution is 2.39. The normalized spacial score (nSPS) is 13.5. The van der Waals surface area contributed by atoms with E-state index in [4.69, 9.17) is 10.5 Å². The number of carbonyl (C=O) groups is 2. The maximum atomic E-state index is 13.1. The van der Waals surface area contributed by atoms with Gasteiger partial charge >= 0.3 is 0 Å². The first-order chi connectivity index (χ1) is 15.4. The van der Waals surface area contributed by atoms with E-state index in [1.54, 1.807) is 29.8 Å². The van der Waals surface area contributed by atoms with Crippen molar-refractivity contribution in [1.82, 2.24) is 14.5 Å². The predicted molar refractivity (Wildman–Crippen MR) is 127 cm³/mol. The number of hydrogen-bond acceptors (Lipinski definition) is 5. The summed E-state index contributed by atoms with van der Waals surface area (Å²) in [5, 5.41) is 4.47. The molecule has 8 heteroatoms. The molecule has 1 aromatic carbocycles. The highest BCUT2D eigenvalue weighted by Gasteiger charge is 2.33. The molecular weight excluding hydrogens is 424 g/mol. The summed E-state index contributed by atoms with van der Waals surface area (Å²) < 4.78 is 7.31. The van der Waals surface area contributed by atoms with Crippen LogP contribution in [0.2, 0.25) is 0 Å². The number of aromatic nitrogens is 2. The second kappa shape index (κ2) is 8.55. The third kappa shape index (κ3) is 3.56. The number of nitrogens with two attached hydrogens (primary N) is 1. The second-order valence-corrected chi connectivity index (χ2v) is 8.31. The van der Waals surface area contributed by atoms with Crippen molar-refractivity contribution in [3.05, 3.63) is 71.6 Å². The number of thioether (sulfide) groups is 1. The fourth-order valence-corrected chi connectivity index (χ4v) is 4.66. The number of nitrogens with zero attached hydrogens (tertiary/aromatic N) is 3. The van der Waals surface area contributed by atoms with Gasteiger partial charge in [-0.15, -0.1) is 11.8 Å². The first-order valence-electron chi connectivity index (χ1n) is 10.0. The highest BCUT2D eigenvalue weighted by molar-refractivity contribution is 8.07. The Kier molecular flexibility index (Phi) is 5.80. The van der Waals surface area contributed by atoms with Crippen molar-refractivity contribution in [3.63, 3.8) is 0 Å². The number of fused-ring (bicyclic) bond motifs is 2. The molecule has 0 bridgehead atoms. The molecule has 0 spiro atoms. The summed E-state index contributed by atoms with van der Waals surface area (Å²) in [4.78, 5) is 27.3. The lowest BCUT2D eigenvalue weighted by Crippen LogP contribution is -2.30. The molecule has 1 aliphatic heterocycles. The molecular formula is C24H24N4O3S. The molecule has 0 fully saturated rings. The van der Waals surface area contributed by atoms with Gasteiger partial charge in [-0.1, -0.05) is 18.7 Å². The average Bonchev–Trinajstić information content (AvgIpc) is 3.35. The molecule has 32 heavy (non-hydrogen) atoms. The molecule has 7 nitrogen and oxygen atoms in total. The number of amides is 2. The number of allylic oxidation sites excluding steroid dienone is 1. The van der Waals surface area contributed by atoms with Gasteiger partial charge in [-0.3, -0.25) is 9.59 Å². The molecule has 1 aliphatic rings. The average molecular weight is 449 g/mol. The summed E-state index contributed by atoms with van der Waals surface area (Å²) in [5.74, 6) is -0.315. The SMILES string of the molecule is C=C(CN1Cc2c(-c3ccn4ncc(/C(=C/C)SC)c4c3)ccc(OC)c2C1=O)C(N)=O. The van der Waals surface area contributed by atoms with Crippen molar-refractivity contribution in [2.24, 2.45) is 5.73 Å². The van der Waals surface area contributed by atoms with E-state index in [2.05, 4.69) is 23.8 Å². The lowest BCUT2D eigenvalue weighted by Gasteiger charge is -2.15. The number of benzene rings is 1. The van der Waals surface area contributed by atoms with Crippen LogP contribution in [0, 0.1) is 0 Å². The zero-order valence-electron chi connectivity index (χ0n) is 18.2. The van der Waals surface area contributed by atoms with Gasteiger partial charge in [0.05, 0.1) is 30.9 Å². The molecule has 164 valence electrons. The Balaban J connectivity index is 1.83. The summed E-state index contributed by atoms with van der Waals surface area (Å²) in [5.41, 5.74) is 10.8. The van der Waals surface area contributed by atoms with E-state index in [1.165, 1.54) is 0 Å². The van der Waals surface area contributed by atoms with Crippen LogP contribution in [0.1, 0.15) is 28.4 Å². The van der Waals surface area contributed by atoms with Crippen LogP contribution in [0.5, 0.6) is 5.75 Å². The lowest BCUT2D eigenvalue weighted by atomic mass is 9.96. The molecule has 0 saturated carbocycles. The number of ether oxygens (including phenoxy) is 1. The van der Waals surface area contributed by atoms with Crippen LogP contribution < -0.4 is 10.5 Å². The number of hydrogen-bond donors (Lipinski definition) is 1. The smallest absolute Gasteiger partial charge is 0.258 e. The topological polar surface area (TPSA) is 89.9 Å². The maximum absolute atomic E-state index is 13.1. The van der Waals surface area contributed by atoms with Crippen LogP contribution in [-0.2, 0) is 11.3 Å². The van der Waals surface area contributed by atoms with Crippen molar-refractivity contribution in [3.8, 4) is 16.9 Å². The van der Waals surface area contributed by atoms with E-state index < -0.39 is 5.91 Å². The highest BCUT2D eigenvalue weighted by atomic mass is 32.2. The van der Waals surface area contributed by atoms with Gasteiger partial charge in [-0.25, -0.2) is 4.52 Å². The van der Waals surface area contributed by atoms with Crippen molar-refractivity contribution >= 4 is 34.0 Å². The molecule has 2 N–H and O–H groups in total. The molecule has 0 atom stereocenters. The van der Waals surface area contributed by atoms with Gasteiger partial charge in [-0.05, 0) is 48.1 Å². The van der Waals surface area contributed by atoms with Gasteiger partial charge in [0, 0.05) is 28.8 Å². The van der Waals surface area contributed by atoms with E-state index in [0.717, 1.165) is 32.7 Å². The molecule has 2 aromatic heterocycles. The van der Waals surface area contributed by atoms with Crippen molar-refractivity contribution in [2.75, 3.05) is 19.9 Å². The molecule has 0 radical (unpaired) electrons. The standard InChI is InChI=1S/C24H24N4O3S/c1-5-21(32-4)17-11-26-28-9-8-15(10-19(17)28)16-6-7-20(31-3)22-18(16)13-27(24(22)30)12-14(2)23(25)29/h5-11H,2,12-13H2,1,3-4H3,(H2,25,29)/b21-5-. The third-order valence-corrected chi connectivity index (χ3v) is 6.55. The van der Waals surface area contributed by atoms with Crippen LogP contribution in [0.15, 0.2) is 54.9 Å². The van der Waals surface area contributed by atoms with Crippen LogP contribution in [-0.4, -0.2) is 46.2 Å². The molecule has 0 unspecified atom stereocenters. The fourth-order valence-electron chi connectivity index (χ4n) is 4.04. The van der Waals surface area contributed by atoms with E-state index in [-0.39, 0.29) is 18.0 Å². The summed E-state index contributed by atoms with van der Waals surface area (Å²) in [7, 11) is 1.54. The Morgan fingerprint density at radius 1 is 1.38 bits per heavy atom. The number of carbonyl (C=O) groups excluding carboxylic acids is 2. The Morgan fingerprint density at radius 3 is 2.81 bits per heavy atom. The van der Waals surface area contributed by atoms with Crippen LogP contribution in [0.4, 0.5) is 0 Å². The Morgan fingerprint density at radius 2 is 2.16 bits per heavy atom. The van der Waals surface area contributed by atoms with Gasteiger partial charge in [0.25, 0.3) is 5.91 Å². The number of rotatable bonds is 7. The fraction of sp³-hybridized carbons (Fsp3) is 0.208. The van der Waals surface area contributed by atoms with Gasteiger partial charge in [-0.2, -0.15) is 5.10 Å². The van der Waals surface area contributed by atoms with Crippen molar-refractivity contribution < 1.29 is 14.3 Å². The minimum atomic E-state index is -0.617. The zero-order valence-corrected chi connectivity index (χ0v) is 19.0. The monoisotopic (exact) mass is 448 g/mol. The van der Waals surface area contributed by atoms with E-state index >= 15 is 0 Å². The van der Waals surface area contributed by atoms with E-state index in [1.807, 2.05) is 42.2 Å². The quantitative estimate of drug-likeness (QED) is 0.556. The largest absolute Gasteiger partial charge is 0.496 e. The summed E-state index contributed by atoms with van der Waals surface area (Å²) in [6, 6.07) is 7.83. The molecule has 4 rings (SSSR count). The minimum absolute atomic E-state index is 0.0790. The van der Waals surface area contributed by atoms with Crippen LogP contribution >= 0.6 is 11.8 Å². The Labute approximate surface area is 190 Å². The van der Waals surface area contributed by atoms with E-state index in [9.17, 15) is 9.59 Å². The van der Waals surface area contributed by atoms with Gasteiger partial charge in [0.2, 0.25) is 5.91 Å². The summed E-state index contributed by atoms with van der Waals surface area (Å²) in [6.07, 6.45) is 7.90. The number of pyridine rings is 1. The first-order valence-corrected chi connectivity index (χ1v) is 11.3. The molecule has 3 heterocycles. The van der Waals surface area contributed by atoms with Crippen LogP contribution in [0.25, 0.3) is 21.5 Å². The summed E-state index contributed by atoms with van der Waals surface area (Å²) in [6.45, 7) is 6.12. The number of methoxy groups -OCH3 is 1. The summed E-state index contributed by atoms with van der Waals surface area (Å²) >= 11 is 1.67. The second-order valence-electron chi connectivity index (χ2n) is 7.46. The van der Waals surface area contributed by atoms with Crippen LogP contribution in [0.3, 0.4) is 0 Å². The van der Waals surface area contributed by atoms with Crippen molar-refractivity contribution in [1.29, 1.82) is 0 Å². The van der Waals surface area contributed by atoms with Gasteiger partial charge in [0.15, 0.2) is 0 Å². The van der Waals surface area contributed by atoms with Gasteiger partial charge < -0.3 is 15.4 Å². The zero-order chi connectivity index (χ0) is 23.0. The van der Waals surface area contributed by atoms with E-state index in [0.29, 0.717) is 17.9 Å². The molecule has 2 amide bonds. The van der Waals surface area contributed by atoms with Crippen molar-refractivity contribution in [2.45, 2.75) is 13.5 Å². The predicted octanol–water partition coefficient (Wildman–Crippen LogP) is 3.73. The Bertz CT molecular complexity index is 1290. The lowest BCUT2D eigenvalue weighted by molar-refractivity contribution is -0.114. The first kappa shape index (κ1) is 21.7. The molecule has 3 aromatic rings.